The molecule has 0 amide bonds. The topological polar surface area (TPSA) is 55.8 Å². The van der Waals surface area contributed by atoms with Crippen LogP contribution in [0.3, 0.4) is 0 Å². The molecule has 1 atom stereocenters. The van der Waals surface area contributed by atoms with E-state index in [9.17, 15) is 9.90 Å². The fourth-order valence-electron chi connectivity index (χ4n) is 2.10. The first-order valence-corrected chi connectivity index (χ1v) is 6.46. The molecule has 2 aromatic rings. The molecule has 0 saturated heterocycles. The number of fused-ring (bicyclic) bond motifs is 1. The van der Waals surface area contributed by atoms with Gasteiger partial charge in [0.25, 0.3) is 0 Å². The Bertz CT molecular complexity index is 606. The Morgan fingerprint density at radius 2 is 1.85 bits per heavy atom. The highest BCUT2D eigenvalue weighted by atomic mass is 16.5. The number of hydrogen-bond acceptors (Lipinski definition) is 4. The van der Waals surface area contributed by atoms with E-state index in [0.717, 1.165) is 22.1 Å². The van der Waals surface area contributed by atoms with Crippen LogP contribution in [0.2, 0.25) is 0 Å². The van der Waals surface area contributed by atoms with Crippen molar-refractivity contribution < 1.29 is 19.4 Å². The number of aliphatic hydroxyl groups is 1. The van der Waals surface area contributed by atoms with Crippen molar-refractivity contribution in [3.63, 3.8) is 0 Å². The Morgan fingerprint density at radius 1 is 1.15 bits per heavy atom. The molecule has 4 nitrogen and oxygen atoms in total. The van der Waals surface area contributed by atoms with Crippen molar-refractivity contribution in [2.75, 3.05) is 14.2 Å². The normalized spacial score (nSPS) is 12.2. The van der Waals surface area contributed by atoms with E-state index in [1.165, 1.54) is 7.11 Å². The fourth-order valence-corrected chi connectivity index (χ4v) is 2.10. The van der Waals surface area contributed by atoms with Gasteiger partial charge in [-0.3, -0.25) is 4.79 Å². The van der Waals surface area contributed by atoms with Gasteiger partial charge in [0.05, 0.1) is 20.3 Å². The largest absolute Gasteiger partial charge is 0.497 e. The van der Waals surface area contributed by atoms with Crippen LogP contribution >= 0.6 is 0 Å². The van der Waals surface area contributed by atoms with Gasteiger partial charge in [-0.15, -0.1) is 0 Å². The van der Waals surface area contributed by atoms with Gasteiger partial charge in [0.1, 0.15) is 5.75 Å². The summed E-state index contributed by atoms with van der Waals surface area (Å²) in [5, 5.41) is 12.2. The monoisotopic (exact) mass is 274 g/mol. The molecule has 1 N–H and O–H groups in total. The van der Waals surface area contributed by atoms with Gasteiger partial charge in [0.2, 0.25) is 0 Å². The van der Waals surface area contributed by atoms with Gasteiger partial charge in [-0.1, -0.05) is 18.2 Å². The molecule has 2 rings (SSSR count). The SMILES string of the molecule is COC(=O)CCC(O)c1ccc2cc(OC)ccc2c1. The molecular formula is C16H18O4. The molecule has 0 fully saturated rings. The van der Waals surface area contributed by atoms with Gasteiger partial charge in [0.15, 0.2) is 0 Å². The highest BCUT2D eigenvalue weighted by molar-refractivity contribution is 5.84. The summed E-state index contributed by atoms with van der Waals surface area (Å²) in [7, 11) is 2.98. The second kappa shape index (κ2) is 6.39. The van der Waals surface area contributed by atoms with Crippen molar-refractivity contribution in [3.8, 4) is 5.75 Å². The third-order valence-electron chi connectivity index (χ3n) is 3.31. The van der Waals surface area contributed by atoms with Crippen LogP contribution < -0.4 is 4.74 Å². The van der Waals surface area contributed by atoms with E-state index >= 15 is 0 Å². The minimum Gasteiger partial charge on any atom is -0.497 e. The van der Waals surface area contributed by atoms with E-state index in [2.05, 4.69) is 4.74 Å². The number of rotatable bonds is 5. The number of carbonyl (C=O) groups excluding carboxylic acids is 1. The first-order chi connectivity index (χ1) is 9.63. The summed E-state index contributed by atoms with van der Waals surface area (Å²) < 4.78 is 9.74. The third-order valence-corrected chi connectivity index (χ3v) is 3.31. The van der Waals surface area contributed by atoms with Crippen molar-refractivity contribution >= 4 is 16.7 Å². The molecule has 4 heteroatoms. The van der Waals surface area contributed by atoms with E-state index < -0.39 is 6.10 Å². The quantitative estimate of drug-likeness (QED) is 0.852. The van der Waals surface area contributed by atoms with Crippen molar-refractivity contribution in [1.82, 2.24) is 0 Å². The molecule has 0 spiro atoms. The van der Waals surface area contributed by atoms with E-state index in [1.807, 2.05) is 36.4 Å². The molecule has 0 aromatic heterocycles. The lowest BCUT2D eigenvalue weighted by molar-refractivity contribution is -0.141. The number of esters is 1. The zero-order valence-electron chi connectivity index (χ0n) is 11.6. The maximum atomic E-state index is 11.1. The zero-order valence-corrected chi connectivity index (χ0v) is 11.6. The standard InChI is InChI=1S/C16H18O4/c1-19-14-6-5-11-9-13(4-3-12(11)10-14)15(17)7-8-16(18)20-2/h3-6,9-10,15,17H,7-8H2,1-2H3. The molecule has 0 aliphatic heterocycles. The number of aliphatic hydroxyl groups excluding tert-OH is 1. The maximum Gasteiger partial charge on any atom is 0.305 e. The van der Waals surface area contributed by atoms with E-state index in [1.54, 1.807) is 7.11 Å². The zero-order chi connectivity index (χ0) is 14.5. The number of methoxy groups -OCH3 is 2. The molecule has 106 valence electrons. The van der Waals surface area contributed by atoms with Gasteiger partial charge in [-0.05, 0) is 41.0 Å². The minimum absolute atomic E-state index is 0.207. The average molecular weight is 274 g/mol. The lowest BCUT2D eigenvalue weighted by atomic mass is 10.0. The van der Waals surface area contributed by atoms with Gasteiger partial charge in [0, 0.05) is 6.42 Å². The summed E-state index contributed by atoms with van der Waals surface area (Å²) in [5.74, 6) is 0.492. The first-order valence-electron chi connectivity index (χ1n) is 6.46. The second-order valence-electron chi connectivity index (χ2n) is 4.60. The number of carbonyl (C=O) groups is 1. The van der Waals surface area contributed by atoms with Crippen molar-refractivity contribution in [2.24, 2.45) is 0 Å². The second-order valence-corrected chi connectivity index (χ2v) is 4.60. The highest BCUT2D eigenvalue weighted by Gasteiger charge is 2.11. The molecule has 0 aliphatic rings. The Kier molecular flexibility index (Phi) is 4.58. The predicted octanol–water partition coefficient (Wildman–Crippen LogP) is 2.84. The van der Waals surface area contributed by atoms with Crippen molar-refractivity contribution in [2.45, 2.75) is 18.9 Å². The smallest absolute Gasteiger partial charge is 0.305 e. The molecule has 0 heterocycles. The molecule has 20 heavy (non-hydrogen) atoms. The lowest BCUT2D eigenvalue weighted by Gasteiger charge is -2.11. The average Bonchev–Trinajstić information content (AvgIpc) is 2.50. The number of hydrogen-bond donors (Lipinski definition) is 1. The summed E-state index contributed by atoms with van der Waals surface area (Å²) >= 11 is 0. The third kappa shape index (κ3) is 3.27. The molecule has 0 radical (unpaired) electrons. The van der Waals surface area contributed by atoms with Crippen LogP contribution in [-0.4, -0.2) is 25.3 Å². The summed E-state index contributed by atoms with van der Waals surface area (Å²) in [6, 6.07) is 11.5. The number of benzene rings is 2. The molecular weight excluding hydrogens is 256 g/mol. The predicted molar refractivity (Wildman–Crippen MR) is 76.7 cm³/mol. The Morgan fingerprint density at radius 3 is 2.55 bits per heavy atom. The maximum absolute atomic E-state index is 11.1. The first kappa shape index (κ1) is 14.3. The van der Waals surface area contributed by atoms with Crippen LogP contribution in [-0.2, 0) is 9.53 Å². The lowest BCUT2D eigenvalue weighted by Crippen LogP contribution is -2.04. The van der Waals surface area contributed by atoms with Crippen LogP contribution in [0, 0.1) is 0 Å². The molecule has 0 saturated carbocycles. The van der Waals surface area contributed by atoms with Crippen LogP contribution in [0.5, 0.6) is 5.75 Å². The summed E-state index contributed by atoms with van der Waals surface area (Å²) in [6.45, 7) is 0. The highest BCUT2D eigenvalue weighted by Crippen LogP contribution is 2.26. The van der Waals surface area contributed by atoms with E-state index in [0.29, 0.717) is 6.42 Å². The van der Waals surface area contributed by atoms with E-state index in [-0.39, 0.29) is 12.4 Å². The molecule has 0 aliphatic carbocycles. The summed E-state index contributed by atoms with van der Waals surface area (Å²) in [5.41, 5.74) is 0.798. The van der Waals surface area contributed by atoms with Gasteiger partial charge in [-0.2, -0.15) is 0 Å². The Labute approximate surface area is 117 Å². The van der Waals surface area contributed by atoms with Gasteiger partial charge < -0.3 is 14.6 Å². The Balaban J connectivity index is 2.16. The summed E-state index contributed by atoms with van der Waals surface area (Å²) in [4.78, 5) is 11.1. The minimum atomic E-state index is -0.666. The van der Waals surface area contributed by atoms with Crippen LogP contribution in [0.4, 0.5) is 0 Å². The fraction of sp³-hybridized carbons (Fsp3) is 0.312. The Hall–Kier alpha value is -2.07. The van der Waals surface area contributed by atoms with Crippen LogP contribution in [0.15, 0.2) is 36.4 Å². The van der Waals surface area contributed by atoms with Gasteiger partial charge in [-0.25, -0.2) is 0 Å². The molecule has 1 unspecified atom stereocenters. The molecule has 2 aromatic carbocycles. The van der Waals surface area contributed by atoms with Gasteiger partial charge >= 0.3 is 5.97 Å². The van der Waals surface area contributed by atoms with Crippen molar-refractivity contribution in [1.29, 1.82) is 0 Å². The summed E-state index contributed by atoms with van der Waals surface area (Å²) in [6.07, 6.45) is -0.104. The van der Waals surface area contributed by atoms with Crippen LogP contribution in [0.25, 0.3) is 10.8 Å². The van der Waals surface area contributed by atoms with Crippen molar-refractivity contribution in [3.05, 3.63) is 42.0 Å². The van der Waals surface area contributed by atoms with E-state index in [4.69, 9.17) is 4.74 Å². The number of ether oxygens (including phenoxy) is 2. The molecule has 0 bridgehead atoms. The van der Waals surface area contributed by atoms with Crippen LogP contribution in [0.1, 0.15) is 24.5 Å².